The van der Waals surface area contributed by atoms with E-state index in [-0.39, 0.29) is 23.5 Å². The normalized spacial score (nSPS) is 20.9. The fraction of sp³-hybridized carbons (Fsp3) is 0.615. The standard InChI is InChI=1S/C26H36N4O4S/c31-26-25(34-23-13-7-8-14-23)24(19-27-30(26)22-11-5-2-6-12-22)28-15-17-29(18-16-28)35(32,33)20-21-9-3-1-4-10-21/h1,3-4,9-10,19,22-23H,2,5-8,11-18,20H2. The van der Waals surface area contributed by atoms with Crippen molar-refractivity contribution < 1.29 is 13.2 Å². The van der Waals surface area contributed by atoms with E-state index in [1.54, 1.807) is 15.2 Å². The third-order valence-corrected chi connectivity index (χ3v) is 9.46. The van der Waals surface area contributed by atoms with Gasteiger partial charge in [-0.1, -0.05) is 49.6 Å². The van der Waals surface area contributed by atoms with Crippen molar-refractivity contribution in [2.75, 3.05) is 31.1 Å². The molecular formula is C26H36N4O4S. The van der Waals surface area contributed by atoms with Gasteiger partial charge >= 0.3 is 5.56 Å². The molecule has 0 amide bonds. The highest BCUT2D eigenvalue weighted by molar-refractivity contribution is 7.88. The van der Waals surface area contributed by atoms with Crippen LogP contribution in [0, 0.1) is 0 Å². The number of nitrogens with zero attached hydrogens (tertiary/aromatic N) is 4. The summed E-state index contributed by atoms with van der Waals surface area (Å²) in [6, 6.07) is 9.42. The Labute approximate surface area is 207 Å². The molecule has 1 aromatic carbocycles. The molecule has 0 spiro atoms. The van der Waals surface area contributed by atoms with Crippen molar-refractivity contribution >= 4 is 15.7 Å². The summed E-state index contributed by atoms with van der Waals surface area (Å²) in [5.41, 5.74) is 1.35. The predicted octanol–water partition coefficient (Wildman–Crippen LogP) is 3.72. The number of rotatable bonds is 7. The molecule has 35 heavy (non-hydrogen) atoms. The second-order valence-corrected chi connectivity index (χ2v) is 12.0. The lowest BCUT2D eigenvalue weighted by Crippen LogP contribution is -2.49. The Morgan fingerprint density at radius 2 is 1.54 bits per heavy atom. The monoisotopic (exact) mass is 500 g/mol. The first-order valence-electron chi connectivity index (χ1n) is 13.1. The molecular weight excluding hydrogens is 464 g/mol. The van der Waals surface area contributed by atoms with Crippen molar-refractivity contribution in [2.24, 2.45) is 0 Å². The van der Waals surface area contributed by atoms with Gasteiger partial charge in [0.05, 0.1) is 24.1 Å². The zero-order chi connectivity index (χ0) is 24.3. The summed E-state index contributed by atoms with van der Waals surface area (Å²) in [5, 5.41) is 4.59. The molecule has 1 aromatic heterocycles. The largest absolute Gasteiger partial charge is 0.483 e. The van der Waals surface area contributed by atoms with E-state index in [9.17, 15) is 13.2 Å². The predicted molar refractivity (Wildman–Crippen MR) is 136 cm³/mol. The fourth-order valence-electron chi connectivity index (χ4n) is 5.62. The van der Waals surface area contributed by atoms with E-state index in [1.807, 2.05) is 30.3 Å². The van der Waals surface area contributed by atoms with Gasteiger partial charge in [0.15, 0.2) is 0 Å². The Bertz CT molecular complexity index is 1150. The first-order valence-corrected chi connectivity index (χ1v) is 14.7. The van der Waals surface area contributed by atoms with Gasteiger partial charge in [-0.15, -0.1) is 0 Å². The van der Waals surface area contributed by atoms with Gasteiger partial charge in [0.1, 0.15) is 5.69 Å². The molecule has 0 radical (unpaired) electrons. The highest BCUT2D eigenvalue weighted by Gasteiger charge is 2.31. The third-order valence-electron chi connectivity index (χ3n) is 7.61. The average Bonchev–Trinajstić information content (AvgIpc) is 3.39. The van der Waals surface area contributed by atoms with Crippen LogP contribution in [0.3, 0.4) is 0 Å². The highest BCUT2D eigenvalue weighted by Crippen LogP contribution is 2.32. The molecule has 2 aliphatic carbocycles. The van der Waals surface area contributed by atoms with E-state index in [0.29, 0.717) is 37.6 Å². The minimum Gasteiger partial charge on any atom is -0.483 e. The minimum atomic E-state index is -3.41. The zero-order valence-electron chi connectivity index (χ0n) is 20.3. The van der Waals surface area contributed by atoms with Crippen LogP contribution >= 0.6 is 0 Å². The number of anilines is 1. The van der Waals surface area contributed by atoms with Crippen LogP contribution in [0.1, 0.15) is 69.4 Å². The summed E-state index contributed by atoms with van der Waals surface area (Å²) in [7, 11) is -3.41. The molecule has 2 saturated carbocycles. The first kappa shape index (κ1) is 24.3. The van der Waals surface area contributed by atoms with E-state index in [1.165, 1.54) is 6.42 Å². The second kappa shape index (κ2) is 10.7. The SMILES string of the molecule is O=c1c(OC2CCCC2)c(N2CCN(S(=O)(=O)Cc3ccccc3)CC2)cnn1C1CCCCC1. The maximum atomic E-state index is 13.6. The molecule has 0 bridgehead atoms. The summed E-state index contributed by atoms with van der Waals surface area (Å²) in [5.74, 6) is 0.404. The van der Waals surface area contributed by atoms with Crippen LogP contribution in [0.5, 0.6) is 5.75 Å². The third kappa shape index (κ3) is 5.56. The molecule has 5 rings (SSSR count). The molecule has 0 unspecified atom stereocenters. The first-order chi connectivity index (χ1) is 17.0. The van der Waals surface area contributed by atoms with E-state index in [2.05, 4.69) is 10.00 Å². The lowest BCUT2D eigenvalue weighted by Gasteiger charge is -2.36. The molecule has 9 heteroatoms. The Balaban J connectivity index is 1.34. The van der Waals surface area contributed by atoms with Gasteiger partial charge < -0.3 is 9.64 Å². The molecule has 0 atom stereocenters. The second-order valence-electron chi connectivity index (χ2n) is 10.1. The quantitative estimate of drug-likeness (QED) is 0.576. The molecule has 8 nitrogen and oxygen atoms in total. The summed E-state index contributed by atoms with van der Waals surface area (Å²) < 4.78 is 35.5. The van der Waals surface area contributed by atoms with E-state index >= 15 is 0 Å². The topological polar surface area (TPSA) is 84.7 Å². The van der Waals surface area contributed by atoms with Crippen LogP contribution in [-0.2, 0) is 15.8 Å². The lowest BCUT2D eigenvalue weighted by atomic mass is 9.96. The number of aromatic nitrogens is 2. The van der Waals surface area contributed by atoms with Gasteiger partial charge in [-0.3, -0.25) is 4.79 Å². The van der Waals surface area contributed by atoms with Crippen molar-refractivity contribution in [1.82, 2.24) is 14.1 Å². The van der Waals surface area contributed by atoms with Gasteiger partial charge in [-0.25, -0.2) is 13.1 Å². The van der Waals surface area contributed by atoms with Crippen LogP contribution < -0.4 is 15.2 Å². The van der Waals surface area contributed by atoms with E-state index in [4.69, 9.17) is 4.74 Å². The van der Waals surface area contributed by atoms with Crippen molar-refractivity contribution in [3.05, 3.63) is 52.4 Å². The number of sulfonamides is 1. The Hall–Kier alpha value is -2.39. The number of hydrogen-bond acceptors (Lipinski definition) is 6. The van der Waals surface area contributed by atoms with Gasteiger partial charge in [0, 0.05) is 26.2 Å². The molecule has 2 aromatic rings. The molecule has 1 aliphatic heterocycles. The molecule has 0 N–H and O–H groups in total. The molecule has 3 fully saturated rings. The number of piperazine rings is 1. The van der Waals surface area contributed by atoms with Crippen LogP contribution in [0.25, 0.3) is 0 Å². The van der Waals surface area contributed by atoms with Gasteiger partial charge in [0.25, 0.3) is 0 Å². The number of hydrogen-bond donors (Lipinski definition) is 0. The van der Waals surface area contributed by atoms with Gasteiger partial charge in [-0.05, 0) is 44.1 Å². The summed E-state index contributed by atoms with van der Waals surface area (Å²) in [6.07, 6.45) is 11.4. The Morgan fingerprint density at radius 1 is 0.886 bits per heavy atom. The smallest absolute Gasteiger partial charge is 0.311 e. The summed E-state index contributed by atoms with van der Waals surface area (Å²) in [6.45, 7) is 1.76. The average molecular weight is 501 g/mol. The molecule has 1 saturated heterocycles. The lowest BCUT2D eigenvalue weighted by molar-refractivity contribution is 0.201. The molecule has 3 aliphatic rings. The Kier molecular flexibility index (Phi) is 7.43. The summed E-state index contributed by atoms with van der Waals surface area (Å²) in [4.78, 5) is 15.7. The van der Waals surface area contributed by atoms with Gasteiger partial charge in [-0.2, -0.15) is 9.40 Å². The van der Waals surface area contributed by atoms with Crippen molar-refractivity contribution in [3.63, 3.8) is 0 Å². The maximum absolute atomic E-state index is 13.6. The van der Waals surface area contributed by atoms with Crippen molar-refractivity contribution in [1.29, 1.82) is 0 Å². The molecule has 190 valence electrons. The maximum Gasteiger partial charge on any atom is 0.311 e. The van der Waals surface area contributed by atoms with Crippen LogP contribution in [0.2, 0.25) is 0 Å². The van der Waals surface area contributed by atoms with Crippen LogP contribution in [0.4, 0.5) is 5.69 Å². The Morgan fingerprint density at radius 3 is 2.23 bits per heavy atom. The van der Waals surface area contributed by atoms with E-state index in [0.717, 1.165) is 56.9 Å². The van der Waals surface area contributed by atoms with Crippen molar-refractivity contribution in [2.45, 2.75) is 75.7 Å². The fourth-order valence-corrected chi connectivity index (χ4v) is 7.14. The van der Waals surface area contributed by atoms with Crippen molar-refractivity contribution in [3.8, 4) is 5.75 Å². The van der Waals surface area contributed by atoms with Gasteiger partial charge in [0.2, 0.25) is 15.8 Å². The zero-order valence-corrected chi connectivity index (χ0v) is 21.2. The van der Waals surface area contributed by atoms with Crippen LogP contribution in [-0.4, -0.2) is 54.8 Å². The van der Waals surface area contributed by atoms with Crippen LogP contribution in [0.15, 0.2) is 41.3 Å². The summed E-state index contributed by atoms with van der Waals surface area (Å²) >= 11 is 0. The highest BCUT2D eigenvalue weighted by atomic mass is 32.2. The number of ether oxygens (including phenoxy) is 1. The molecule has 2 heterocycles. The van der Waals surface area contributed by atoms with E-state index < -0.39 is 10.0 Å². The minimum absolute atomic E-state index is 0.00285. The number of benzene rings is 1.